The molecule has 4 N–H and O–H groups in total. The van der Waals surface area contributed by atoms with E-state index in [2.05, 4.69) is 25.1 Å². The van der Waals surface area contributed by atoms with Crippen molar-refractivity contribution in [1.29, 1.82) is 0 Å². The summed E-state index contributed by atoms with van der Waals surface area (Å²) >= 11 is 0. The third kappa shape index (κ3) is 2.52. The van der Waals surface area contributed by atoms with Gasteiger partial charge in [0.2, 0.25) is 0 Å². The average molecular weight is 256 g/mol. The van der Waals surface area contributed by atoms with Crippen molar-refractivity contribution < 1.29 is 0 Å². The lowest BCUT2D eigenvalue weighted by Gasteiger charge is -2.09. The maximum Gasteiger partial charge on any atom is 0.0945 e. The number of hydrogen-bond donors (Lipinski definition) is 3. The van der Waals surface area contributed by atoms with E-state index in [0.717, 1.165) is 41.8 Å². The summed E-state index contributed by atoms with van der Waals surface area (Å²) in [7, 11) is 0. The number of aromatic nitrogens is 4. The van der Waals surface area contributed by atoms with Crippen molar-refractivity contribution in [1.82, 2.24) is 19.7 Å². The third-order valence-electron chi connectivity index (χ3n) is 3.08. The Labute approximate surface area is 110 Å². The van der Waals surface area contributed by atoms with Crippen LogP contribution in [0.5, 0.6) is 0 Å². The molecule has 3 rings (SSSR count). The molecule has 0 saturated carbocycles. The highest BCUT2D eigenvalue weighted by Gasteiger charge is 2.03. The summed E-state index contributed by atoms with van der Waals surface area (Å²) in [5, 5.41) is 11.3. The topological polar surface area (TPSA) is 84.5 Å². The van der Waals surface area contributed by atoms with E-state index in [0.29, 0.717) is 0 Å². The van der Waals surface area contributed by atoms with Crippen LogP contribution in [-0.2, 0) is 6.54 Å². The monoisotopic (exact) mass is 256 g/mol. The van der Waals surface area contributed by atoms with Gasteiger partial charge in [0.25, 0.3) is 0 Å². The van der Waals surface area contributed by atoms with Gasteiger partial charge in [0.15, 0.2) is 0 Å². The predicted molar refractivity (Wildman–Crippen MR) is 75.8 cm³/mol. The molecule has 2 heterocycles. The minimum absolute atomic E-state index is 0.747. The van der Waals surface area contributed by atoms with E-state index in [9.17, 15) is 0 Å². The Morgan fingerprint density at radius 2 is 2.32 bits per heavy atom. The molecule has 0 aliphatic carbocycles. The van der Waals surface area contributed by atoms with Crippen molar-refractivity contribution in [3.05, 3.63) is 37.1 Å². The first kappa shape index (κ1) is 11.6. The van der Waals surface area contributed by atoms with Gasteiger partial charge in [0.05, 0.1) is 29.4 Å². The van der Waals surface area contributed by atoms with E-state index < -0.39 is 0 Å². The molecule has 0 radical (unpaired) electrons. The van der Waals surface area contributed by atoms with Crippen molar-refractivity contribution in [3.63, 3.8) is 0 Å². The molecule has 0 atom stereocenters. The third-order valence-corrected chi connectivity index (χ3v) is 3.08. The molecule has 6 heteroatoms. The maximum absolute atomic E-state index is 6.00. The van der Waals surface area contributed by atoms with Crippen LogP contribution in [-0.4, -0.2) is 26.3 Å². The molecule has 0 aliphatic rings. The molecule has 0 spiro atoms. The van der Waals surface area contributed by atoms with Crippen LogP contribution in [0.4, 0.5) is 11.4 Å². The zero-order chi connectivity index (χ0) is 13.1. The van der Waals surface area contributed by atoms with Crippen LogP contribution in [0.3, 0.4) is 0 Å². The number of nitrogens with one attached hydrogen (secondary N) is 2. The molecule has 0 saturated heterocycles. The van der Waals surface area contributed by atoms with Gasteiger partial charge >= 0.3 is 0 Å². The van der Waals surface area contributed by atoms with Crippen molar-refractivity contribution >= 4 is 22.3 Å². The summed E-state index contributed by atoms with van der Waals surface area (Å²) in [5.41, 5.74) is 8.69. The quantitative estimate of drug-likeness (QED) is 0.480. The highest BCUT2D eigenvalue weighted by Crippen LogP contribution is 2.24. The van der Waals surface area contributed by atoms with Gasteiger partial charge in [-0.05, 0) is 18.6 Å². The molecule has 1 aromatic carbocycles. The van der Waals surface area contributed by atoms with Gasteiger partial charge in [-0.1, -0.05) is 0 Å². The van der Waals surface area contributed by atoms with Gasteiger partial charge in [-0.25, -0.2) is 4.98 Å². The summed E-state index contributed by atoms with van der Waals surface area (Å²) in [4.78, 5) is 4.01. The van der Waals surface area contributed by atoms with E-state index in [4.69, 9.17) is 5.73 Å². The normalized spacial score (nSPS) is 10.9. The molecular formula is C13H16N6. The maximum atomic E-state index is 6.00. The van der Waals surface area contributed by atoms with Gasteiger partial charge in [0.1, 0.15) is 0 Å². The summed E-state index contributed by atoms with van der Waals surface area (Å²) < 4.78 is 2.06. The first-order chi connectivity index (χ1) is 9.33. The molecule has 98 valence electrons. The molecule has 3 aromatic rings. The van der Waals surface area contributed by atoms with E-state index >= 15 is 0 Å². The molecular weight excluding hydrogens is 240 g/mol. The second kappa shape index (κ2) is 5.01. The minimum Gasteiger partial charge on any atom is -0.397 e. The second-order valence-corrected chi connectivity index (χ2v) is 4.48. The number of anilines is 2. The number of hydrogen-bond acceptors (Lipinski definition) is 4. The van der Waals surface area contributed by atoms with Crippen molar-refractivity contribution in [3.8, 4) is 0 Å². The Morgan fingerprint density at radius 3 is 3.16 bits per heavy atom. The zero-order valence-electron chi connectivity index (χ0n) is 10.5. The van der Waals surface area contributed by atoms with Crippen LogP contribution in [0.15, 0.2) is 37.1 Å². The molecule has 0 amide bonds. The molecule has 2 aromatic heterocycles. The van der Waals surface area contributed by atoms with Gasteiger partial charge in [-0.2, -0.15) is 5.10 Å². The first-order valence-corrected chi connectivity index (χ1v) is 6.25. The van der Waals surface area contributed by atoms with Crippen LogP contribution in [0, 0.1) is 0 Å². The van der Waals surface area contributed by atoms with Gasteiger partial charge in [0, 0.05) is 30.9 Å². The molecule has 0 aliphatic heterocycles. The standard InChI is InChI=1S/C13H16N6/c14-11-6-10-8-17-18-12(10)7-13(11)16-2-1-4-19-5-3-15-9-19/h3,5-9,16H,1-2,4,14H2,(H,17,18). The van der Waals surface area contributed by atoms with Crippen LogP contribution < -0.4 is 11.1 Å². The van der Waals surface area contributed by atoms with Crippen molar-refractivity contribution in [2.45, 2.75) is 13.0 Å². The summed E-state index contributed by atoms with van der Waals surface area (Å²) in [6, 6.07) is 3.92. The fourth-order valence-corrected chi connectivity index (χ4v) is 2.07. The van der Waals surface area contributed by atoms with E-state index in [1.165, 1.54) is 0 Å². The van der Waals surface area contributed by atoms with E-state index in [-0.39, 0.29) is 0 Å². The highest BCUT2D eigenvalue weighted by atomic mass is 15.1. The number of imidazole rings is 1. The first-order valence-electron chi connectivity index (χ1n) is 6.25. The number of nitrogen functional groups attached to an aromatic ring is 1. The number of aryl methyl sites for hydroxylation is 1. The molecule has 0 unspecified atom stereocenters. The lowest BCUT2D eigenvalue weighted by molar-refractivity contribution is 0.661. The molecule has 0 bridgehead atoms. The van der Waals surface area contributed by atoms with E-state index in [1.54, 1.807) is 12.4 Å². The fourth-order valence-electron chi connectivity index (χ4n) is 2.07. The van der Waals surface area contributed by atoms with Gasteiger partial charge in [-0.15, -0.1) is 0 Å². The van der Waals surface area contributed by atoms with Crippen molar-refractivity contribution in [2.24, 2.45) is 0 Å². The largest absolute Gasteiger partial charge is 0.397 e. The lowest BCUT2D eigenvalue weighted by Crippen LogP contribution is -2.07. The van der Waals surface area contributed by atoms with Gasteiger partial charge in [-0.3, -0.25) is 5.10 Å². The molecule has 6 nitrogen and oxygen atoms in total. The number of nitrogens with two attached hydrogens (primary N) is 1. The second-order valence-electron chi connectivity index (χ2n) is 4.48. The Hall–Kier alpha value is -2.50. The highest BCUT2D eigenvalue weighted by molar-refractivity contribution is 5.88. The number of nitrogens with zero attached hydrogens (tertiary/aromatic N) is 3. The van der Waals surface area contributed by atoms with Crippen molar-refractivity contribution in [2.75, 3.05) is 17.6 Å². The smallest absolute Gasteiger partial charge is 0.0945 e. The molecule has 19 heavy (non-hydrogen) atoms. The number of fused-ring (bicyclic) bond motifs is 1. The average Bonchev–Trinajstić information content (AvgIpc) is 3.05. The Kier molecular flexibility index (Phi) is 3.06. The Morgan fingerprint density at radius 1 is 1.37 bits per heavy atom. The predicted octanol–water partition coefficient (Wildman–Crippen LogP) is 1.84. The SMILES string of the molecule is Nc1cc2cn[nH]c2cc1NCCCn1ccnc1. The Balaban J connectivity index is 1.60. The Bertz CT molecular complexity index is 655. The lowest BCUT2D eigenvalue weighted by atomic mass is 10.2. The number of rotatable bonds is 5. The van der Waals surface area contributed by atoms with Gasteiger partial charge < -0.3 is 15.6 Å². The van der Waals surface area contributed by atoms with Crippen LogP contribution >= 0.6 is 0 Å². The summed E-state index contributed by atoms with van der Waals surface area (Å²) in [6.45, 7) is 1.81. The summed E-state index contributed by atoms with van der Waals surface area (Å²) in [5.74, 6) is 0. The molecule has 0 fully saturated rings. The van der Waals surface area contributed by atoms with Crippen LogP contribution in [0.25, 0.3) is 10.9 Å². The van der Waals surface area contributed by atoms with E-state index in [1.807, 2.05) is 24.7 Å². The number of H-pyrrole nitrogens is 1. The zero-order valence-corrected chi connectivity index (χ0v) is 10.5. The fraction of sp³-hybridized carbons (Fsp3) is 0.231. The number of aromatic amines is 1. The van der Waals surface area contributed by atoms with Crippen LogP contribution in [0.1, 0.15) is 6.42 Å². The number of benzene rings is 1. The summed E-state index contributed by atoms with van der Waals surface area (Å²) in [6.07, 6.45) is 8.36. The van der Waals surface area contributed by atoms with Crippen LogP contribution in [0.2, 0.25) is 0 Å². The minimum atomic E-state index is 0.747.